The number of nitrogens with zero attached hydrogens (tertiary/aromatic N) is 2. The molecule has 2 saturated heterocycles. The van der Waals surface area contributed by atoms with Crippen LogP contribution in [0, 0.1) is 5.92 Å². The molecule has 1 aromatic heterocycles. The fourth-order valence-corrected chi connectivity index (χ4v) is 4.80. The molecule has 1 aromatic rings. The van der Waals surface area contributed by atoms with Crippen LogP contribution in [0.25, 0.3) is 0 Å². The van der Waals surface area contributed by atoms with Crippen molar-refractivity contribution in [1.29, 1.82) is 0 Å². The van der Waals surface area contributed by atoms with E-state index in [9.17, 15) is 4.79 Å². The van der Waals surface area contributed by atoms with Crippen LogP contribution in [-0.4, -0.2) is 47.7 Å². The third kappa shape index (κ3) is 4.25. The number of aromatic nitrogens is 1. The number of allylic oxidation sites excluding steroid dienone is 1. The van der Waals surface area contributed by atoms with Crippen molar-refractivity contribution in [2.75, 3.05) is 26.3 Å². The van der Waals surface area contributed by atoms with Crippen LogP contribution in [0.15, 0.2) is 36.2 Å². The summed E-state index contributed by atoms with van der Waals surface area (Å²) < 4.78 is 12.1. The number of ether oxygens (including phenoxy) is 2. The second-order valence-electron chi connectivity index (χ2n) is 8.01. The van der Waals surface area contributed by atoms with Crippen LogP contribution >= 0.6 is 0 Å². The van der Waals surface area contributed by atoms with Gasteiger partial charge in [-0.3, -0.25) is 9.78 Å². The molecule has 0 bridgehead atoms. The summed E-state index contributed by atoms with van der Waals surface area (Å²) in [5.74, 6) is 0.801. The molecule has 1 amide bonds. The summed E-state index contributed by atoms with van der Waals surface area (Å²) in [5.41, 5.74) is 2.15. The molecule has 146 valence electrons. The Balaban J connectivity index is 1.25. The van der Waals surface area contributed by atoms with Crippen LogP contribution < -0.4 is 0 Å². The lowest BCUT2D eigenvalue weighted by Crippen LogP contribution is -2.49. The fraction of sp³-hybridized carbons (Fsp3) is 0.636. The third-order valence-electron chi connectivity index (χ3n) is 6.44. The van der Waals surface area contributed by atoms with E-state index in [1.807, 2.05) is 17.0 Å². The lowest BCUT2D eigenvalue weighted by atomic mass is 9.78. The topological polar surface area (TPSA) is 51.7 Å². The minimum atomic E-state index is -0.0408. The lowest BCUT2D eigenvalue weighted by molar-refractivity contribution is -0.134. The first kappa shape index (κ1) is 18.6. The van der Waals surface area contributed by atoms with Crippen molar-refractivity contribution < 1.29 is 14.3 Å². The van der Waals surface area contributed by atoms with Gasteiger partial charge >= 0.3 is 0 Å². The van der Waals surface area contributed by atoms with Crippen molar-refractivity contribution in [1.82, 2.24) is 9.88 Å². The van der Waals surface area contributed by atoms with Gasteiger partial charge in [-0.15, -0.1) is 0 Å². The van der Waals surface area contributed by atoms with E-state index in [1.54, 1.807) is 12.4 Å². The Morgan fingerprint density at radius 1 is 1.30 bits per heavy atom. The minimum absolute atomic E-state index is 0.0408. The van der Waals surface area contributed by atoms with E-state index < -0.39 is 0 Å². The molecule has 3 aliphatic rings. The Bertz CT molecular complexity index is 665. The number of hydrogen-bond acceptors (Lipinski definition) is 4. The maximum atomic E-state index is 12.6. The molecular formula is C22H30N2O3. The summed E-state index contributed by atoms with van der Waals surface area (Å²) in [6, 6.07) is 3.99. The number of rotatable bonds is 6. The van der Waals surface area contributed by atoms with Crippen LogP contribution in [-0.2, 0) is 20.9 Å². The Hall–Kier alpha value is -1.72. The van der Waals surface area contributed by atoms with E-state index in [2.05, 4.69) is 11.1 Å². The van der Waals surface area contributed by atoms with Gasteiger partial charge in [0.05, 0.1) is 12.2 Å². The Morgan fingerprint density at radius 3 is 2.85 bits per heavy atom. The number of carbonyl (C=O) groups excluding carboxylic acids is 1. The van der Waals surface area contributed by atoms with Crippen molar-refractivity contribution in [3.8, 4) is 0 Å². The van der Waals surface area contributed by atoms with E-state index in [1.165, 1.54) is 0 Å². The van der Waals surface area contributed by atoms with Crippen molar-refractivity contribution in [2.45, 2.75) is 57.2 Å². The Labute approximate surface area is 161 Å². The number of amides is 1. The number of carbonyl (C=O) groups is 1. The molecule has 2 fully saturated rings. The second kappa shape index (κ2) is 8.53. The van der Waals surface area contributed by atoms with Crippen LogP contribution in [0.1, 0.15) is 50.5 Å². The largest absolute Gasteiger partial charge is 0.377 e. The van der Waals surface area contributed by atoms with Crippen molar-refractivity contribution in [3.05, 3.63) is 41.7 Å². The van der Waals surface area contributed by atoms with E-state index in [4.69, 9.17) is 9.47 Å². The minimum Gasteiger partial charge on any atom is -0.377 e. The highest BCUT2D eigenvalue weighted by molar-refractivity contribution is 5.93. The van der Waals surface area contributed by atoms with Gasteiger partial charge < -0.3 is 14.4 Å². The van der Waals surface area contributed by atoms with Gasteiger partial charge in [-0.05, 0) is 68.6 Å². The highest BCUT2D eigenvalue weighted by atomic mass is 16.5. The Kier molecular flexibility index (Phi) is 5.89. The molecule has 4 rings (SSSR count). The number of piperidine rings is 1. The number of likely N-dealkylation sites (tertiary alicyclic amines) is 1. The monoisotopic (exact) mass is 370 g/mol. The number of hydrogen-bond donors (Lipinski definition) is 0. The summed E-state index contributed by atoms with van der Waals surface area (Å²) in [5, 5.41) is 0. The predicted molar refractivity (Wildman–Crippen MR) is 103 cm³/mol. The van der Waals surface area contributed by atoms with Crippen LogP contribution in [0.2, 0.25) is 0 Å². The number of pyridine rings is 1. The maximum absolute atomic E-state index is 12.6. The fourth-order valence-electron chi connectivity index (χ4n) is 4.80. The lowest BCUT2D eigenvalue weighted by Gasteiger charge is -2.42. The van der Waals surface area contributed by atoms with E-state index in [0.29, 0.717) is 12.5 Å². The van der Waals surface area contributed by atoms with Crippen molar-refractivity contribution in [3.63, 3.8) is 0 Å². The molecule has 0 saturated carbocycles. The van der Waals surface area contributed by atoms with Gasteiger partial charge in [-0.2, -0.15) is 0 Å². The molecule has 3 heterocycles. The Morgan fingerprint density at radius 2 is 2.11 bits per heavy atom. The maximum Gasteiger partial charge on any atom is 0.249 e. The van der Waals surface area contributed by atoms with Crippen LogP contribution in [0.4, 0.5) is 0 Å². The highest BCUT2D eigenvalue weighted by Crippen LogP contribution is 2.42. The van der Waals surface area contributed by atoms with E-state index >= 15 is 0 Å². The average Bonchev–Trinajstić information content (AvgIpc) is 3.37. The van der Waals surface area contributed by atoms with Crippen molar-refractivity contribution >= 4 is 5.91 Å². The van der Waals surface area contributed by atoms with Gasteiger partial charge in [0.15, 0.2) is 0 Å². The van der Waals surface area contributed by atoms with Crippen LogP contribution in [0.3, 0.4) is 0 Å². The zero-order valence-corrected chi connectivity index (χ0v) is 16.1. The van der Waals surface area contributed by atoms with Gasteiger partial charge in [-0.1, -0.05) is 6.08 Å². The van der Waals surface area contributed by atoms with Crippen molar-refractivity contribution in [2.24, 2.45) is 5.92 Å². The molecule has 0 unspecified atom stereocenters. The average molecular weight is 370 g/mol. The molecule has 5 heteroatoms. The summed E-state index contributed by atoms with van der Waals surface area (Å²) in [4.78, 5) is 18.7. The summed E-state index contributed by atoms with van der Waals surface area (Å²) in [6.07, 6.45) is 12.9. The quantitative estimate of drug-likeness (QED) is 0.719. The molecule has 1 spiro atoms. The molecule has 5 nitrogen and oxygen atoms in total. The standard InChI is InChI=1S/C22H30N2O3/c25-21(19-3-1-2-4-19)24-13-9-22(10-14-24)20(8-16-27-22)7-15-26-17-18-5-11-23-12-6-18/h3,5-6,11-12,20H,1-2,4,7-10,13-17H2/t20-/m1/s1. The molecular weight excluding hydrogens is 340 g/mol. The zero-order chi connectivity index (χ0) is 18.5. The molecule has 0 radical (unpaired) electrons. The summed E-state index contributed by atoms with van der Waals surface area (Å²) in [6.45, 7) is 3.89. The van der Waals surface area contributed by atoms with E-state index in [-0.39, 0.29) is 11.5 Å². The zero-order valence-electron chi connectivity index (χ0n) is 16.1. The smallest absolute Gasteiger partial charge is 0.249 e. The van der Waals surface area contributed by atoms with Gasteiger partial charge in [-0.25, -0.2) is 0 Å². The molecule has 0 N–H and O–H groups in total. The second-order valence-corrected chi connectivity index (χ2v) is 8.01. The predicted octanol–water partition coefficient (Wildman–Crippen LogP) is 3.50. The molecule has 1 aliphatic carbocycles. The van der Waals surface area contributed by atoms with E-state index in [0.717, 1.165) is 82.4 Å². The molecule has 2 aliphatic heterocycles. The summed E-state index contributed by atoms with van der Waals surface area (Å²) in [7, 11) is 0. The van der Waals surface area contributed by atoms with Gasteiger partial charge in [0.1, 0.15) is 0 Å². The highest BCUT2D eigenvalue weighted by Gasteiger charge is 2.46. The first-order valence-corrected chi connectivity index (χ1v) is 10.4. The summed E-state index contributed by atoms with van der Waals surface area (Å²) >= 11 is 0. The van der Waals surface area contributed by atoms with Gasteiger partial charge in [0.25, 0.3) is 0 Å². The molecule has 0 aromatic carbocycles. The molecule has 1 atom stereocenters. The van der Waals surface area contributed by atoms with Gasteiger partial charge in [0.2, 0.25) is 5.91 Å². The first-order chi connectivity index (χ1) is 13.3. The normalized spacial score (nSPS) is 24.4. The first-order valence-electron chi connectivity index (χ1n) is 10.4. The van der Waals surface area contributed by atoms with Gasteiger partial charge in [0, 0.05) is 44.3 Å². The third-order valence-corrected chi connectivity index (χ3v) is 6.44. The van der Waals surface area contributed by atoms with Crippen LogP contribution in [0.5, 0.6) is 0 Å². The SMILES string of the molecule is O=C(C1=CCCC1)N1CCC2(CC1)OCC[C@H]2CCOCc1ccncc1. The molecule has 27 heavy (non-hydrogen) atoms.